The summed E-state index contributed by atoms with van der Waals surface area (Å²) in [5.41, 5.74) is -1.66. The van der Waals surface area contributed by atoms with Crippen molar-refractivity contribution in [3.63, 3.8) is 0 Å². The third-order valence-corrected chi connectivity index (χ3v) is 4.63. The highest BCUT2D eigenvalue weighted by Crippen LogP contribution is 2.39. The molecule has 0 fully saturated rings. The topological polar surface area (TPSA) is 86.7 Å². The zero-order chi connectivity index (χ0) is 19.7. The summed E-state index contributed by atoms with van der Waals surface area (Å²) in [7, 11) is 0. The molecule has 6 heteroatoms. The lowest BCUT2D eigenvalue weighted by Crippen LogP contribution is -2.54. The Bertz CT molecular complexity index is 1070. The van der Waals surface area contributed by atoms with Gasteiger partial charge < -0.3 is 10.4 Å². The van der Waals surface area contributed by atoms with E-state index in [0.717, 1.165) is 0 Å². The van der Waals surface area contributed by atoms with Crippen LogP contribution in [0.25, 0.3) is 0 Å². The van der Waals surface area contributed by atoms with Crippen LogP contribution >= 0.6 is 0 Å². The van der Waals surface area contributed by atoms with E-state index in [0.29, 0.717) is 10.6 Å². The van der Waals surface area contributed by atoms with Gasteiger partial charge in [0.15, 0.2) is 0 Å². The van der Waals surface area contributed by atoms with Crippen LogP contribution in [0.1, 0.15) is 26.3 Å². The number of carbonyl (C=O) groups excluding carboxylic acids is 3. The predicted molar refractivity (Wildman–Crippen MR) is 102 cm³/mol. The molecule has 0 radical (unpaired) electrons. The number of aliphatic hydroxyl groups is 1. The van der Waals surface area contributed by atoms with Gasteiger partial charge in [0.05, 0.1) is 0 Å². The number of rotatable bonds is 3. The minimum absolute atomic E-state index is 0.0673. The molecule has 28 heavy (non-hydrogen) atoms. The molecule has 6 nitrogen and oxygen atoms in total. The average Bonchev–Trinajstić information content (AvgIpc) is 2.97. The lowest BCUT2D eigenvalue weighted by Gasteiger charge is -2.31. The number of hydrogen-bond acceptors (Lipinski definition) is 4. The number of para-hydroxylation sites is 1. The molecule has 3 aromatic carbocycles. The fraction of sp³-hybridized carbons (Fsp3) is 0.0455. The van der Waals surface area contributed by atoms with E-state index in [2.05, 4.69) is 5.32 Å². The van der Waals surface area contributed by atoms with Crippen LogP contribution in [0, 0.1) is 0 Å². The van der Waals surface area contributed by atoms with E-state index in [1.54, 1.807) is 60.7 Å². The Kier molecular flexibility index (Phi) is 4.25. The largest absolute Gasteiger partial charge is 0.359 e. The molecule has 0 saturated carbocycles. The summed E-state index contributed by atoms with van der Waals surface area (Å²) >= 11 is 0. The van der Waals surface area contributed by atoms with E-state index in [4.69, 9.17) is 0 Å². The third kappa shape index (κ3) is 2.67. The zero-order valence-electron chi connectivity index (χ0n) is 14.7. The Morgan fingerprint density at radius 3 is 2.07 bits per heavy atom. The number of imide groups is 1. The van der Waals surface area contributed by atoms with Gasteiger partial charge in [0.2, 0.25) is 0 Å². The van der Waals surface area contributed by atoms with Crippen LogP contribution in [0.3, 0.4) is 0 Å². The molecule has 1 aliphatic heterocycles. The van der Waals surface area contributed by atoms with Gasteiger partial charge in [-0.25, -0.2) is 4.90 Å². The molecule has 138 valence electrons. The van der Waals surface area contributed by atoms with E-state index in [9.17, 15) is 19.5 Å². The van der Waals surface area contributed by atoms with Crippen LogP contribution in [-0.2, 0) is 10.5 Å². The number of fused-ring (bicyclic) bond motifs is 1. The number of nitrogens with one attached hydrogen (secondary N) is 1. The van der Waals surface area contributed by atoms with Crippen molar-refractivity contribution >= 4 is 23.4 Å². The maximum absolute atomic E-state index is 13.1. The van der Waals surface area contributed by atoms with Gasteiger partial charge in [-0.3, -0.25) is 14.4 Å². The Hall–Kier alpha value is -3.77. The first kappa shape index (κ1) is 17.6. The fourth-order valence-corrected chi connectivity index (χ4v) is 3.27. The second-order valence-electron chi connectivity index (χ2n) is 6.35. The van der Waals surface area contributed by atoms with Crippen molar-refractivity contribution in [2.75, 3.05) is 5.32 Å². The quantitative estimate of drug-likeness (QED) is 0.692. The predicted octanol–water partition coefficient (Wildman–Crippen LogP) is 2.77. The Morgan fingerprint density at radius 2 is 1.39 bits per heavy atom. The first-order valence-electron chi connectivity index (χ1n) is 8.66. The van der Waals surface area contributed by atoms with E-state index in [-0.39, 0.29) is 16.7 Å². The molecular weight excluding hydrogens is 356 g/mol. The van der Waals surface area contributed by atoms with Crippen LogP contribution in [0.4, 0.5) is 5.69 Å². The number of benzene rings is 3. The number of carbonyl (C=O) groups is 3. The molecule has 0 bridgehead atoms. The maximum Gasteiger partial charge on any atom is 0.283 e. The van der Waals surface area contributed by atoms with Crippen molar-refractivity contribution in [2.24, 2.45) is 0 Å². The van der Waals surface area contributed by atoms with Gasteiger partial charge in [0, 0.05) is 22.4 Å². The normalized spacial score (nSPS) is 17.9. The summed E-state index contributed by atoms with van der Waals surface area (Å²) in [4.78, 5) is 39.7. The van der Waals surface area contributed by atoms with Crippen molar-refractivity contribution in [2.45, 2.75) is 5.72 Å². The molecule has 1 heterocycles. The standard InChI is InChI=1S/C22H16N2O4/c25-19(15-9-3-1-4-10-15)24-20(26)17-13-7-8-14-18(17)22(24,28)21(27)23-16-11-5-2-6-12-16/h1-14,28H,(H,23,27). The van der Waals surface area contributed by atoms with Crippen molar-refractivity contribution in [3.8, 4) is 0 Å². The minimum atomic E-state index is -2.46. The molecule has 0 aliphatic carbocycles. The molecule has 3 aromatic rings. The monoisotopic (exact) mass is 372 g/mol. The highest BCUT2D eigenvalue weighted by atomic mass is 16.3. The number of hydrogen-bond donors (Lipinski definition) is 2. The molecular formula is C22H16N2O4. The summed E-state index contributed by atoms with van der Waals surface area (Å²) in [5, 5.41) is 14.0. The number of amides is 3. The molecule has 1 aliphatic rings. The van der Waals surface area contributed by atoms with Gasteiger partial charge in [0.25, 0.3) is 23.4 Å². The van der Waals surface area contributed by atoms with E-state index < -0.39 is 23.4 Å². The Labute approximate surface area is 161 Å². The number of nitrogens with zero attached hydrogens (tertiary/aromatic N) is 1. The molecule has 1 unspecified atom stereocenters. The summed E-state index contributed by atoms with van der Waals surface area (Å²) in [5.74, 6) is -2.37. The van der Waals surface area contributed by atoms with Crippen LogP contribution in [0.15, 0.2) is 84.9 Å². The summed E-state index contributed by atoms with van der Waals surface area (Å²) in [6.45, 7) is 0. The van der Waals surface area contributed by atoms with Gasteiger partial charge in [-0.2, -0.15) is 0 Å². The van der Waals surface area contributed by atoms with Crippen molar-refractivity contribution in [3.05, 3.63) is 102 Å². The van der Waals surface area contributed by atoms with Crippen LogP contribution in [0.5, 0.6) is 0 Å². The second kappa shape index (κ2) is 6.75. The fourth-order valence-electron chi connectivity index (χ4n) is 3.27. The van der Waals surface area contributed by atoms with Crippen molar-refractivity contribution < 1.29 is 19.5 Å². The molecule has 2 N–H and O–H groups in total. The number of anilines is 1. The van der Waals surface area contributed by atoms with Crippen molar-refractivity contribution in [1.29, 1.82) is 0 Å². The van der Waals surface area contributed by atoms with Gasteiger partial charge >= 0.3 is 0 Å². The van der Waals surface area contributed by atoms with Gasteiger partial charge in [-0.1, -0.05) is 54.6 Å². The first-order valence-corrected chi connectivity index (χ1v) is 8.66. The minimum Gasteiger partial charge on any atom is -0.359 e. The average molecular weight is 372 g/mol. The van der Waals surface area contributed by atoms with E-state index >= 15 is 0 Å². The molecule has 4 rings (SSSR count). The molecule has 1 atom stereocenters. The highest BCUT2D eigenvalue weighted by molar-refractivity contribution is 6.19. The molecule has 0 saturated heterocycles. The lowest BCUT2D eigenvalue weighted by molar-refractivity contribution is -0.147. The summed E-state index contributed by atoms with van der Waals surface area (Å²) in [6.07, 6.45) is 0. The molecule has 0 aromatic heterocycles. The SMILES string of the molecule is O=C(c1ccccc1)N1C(=O)c2ccccc2C1(O)C(=O)Nc1ccccc1. The maximum atomic E-state index is 13.1. The Morgan fingerprint density at radius 1 is 0.821 bits per heavy atom. The molecule has 3 amide bonds. The first-order chi connectivity index (χ1) is 13.5. The zero-order valence-corrected chi connectivity index (χ0v) is 14.7. The van der Waals surface area contributed by atoms with Crippen LogP contribution < -0.4 is 5.32 Å². The smallest absolute Gasteiger partial charge is 0.283 e. The van der Waals surface area contributed by atoms with Gasteiger partial charge in [-0.15, -0.1) is 0 Å². The summed E-state index contributed by atoms with van der Waals surface area (Å²) in [6, 6.07) is 22.7. The van der Waals surface area contributed by atoms with Crippen LogP contribution in [-0.4, -0.2) is 27.7 Å². The highest BCUT2D eigenvalue weighted by Gasteiger charge is 2.57. The van der Waals surface area contributed by atoms with E-state index in [1.807, 2.05) is 0 Å². The van der Waals surface area contributed by atoms with Crippen LogP contribution in [0.2, 0.25) is 0 Å². The second-order valence-corrected chi connectivity index (χ2v) is 6.35. The Balaban J connectivity index is 1.81. The third-order valence-electron chi connectivity index (χ3n) is 4.63. The van der Waals surface area contributed by atoms with E-state index in [1.165, 1.54) is 24.3 Å². The lowest BCUT2D eigenvalue weighted by atomic mass is 10.00. The van der Waals surface area contributed by atoms with Crippen molar-refractivity contribution in [1.82, 2.24) is 4.90 Å². The summed E-state index contributed by atoms with van der Waals surface area (Å²) < 4.78 is 0. The van der Waals surface area contributed by atoms with Gasteiger partial charge in [-0.05, 0) is 30.3 Å². The molecule has 0 spiro atoms. The van der Waals surface area contributed by atoms with Gasteiger partial charge in [0.1, 0.15) is 0 Å².